The van der Waals surface area contributed by atoms with E-state index in [4.69, 9.17) is 0 Å². The minimum Gasteiger partial charge on any atom is -0.306 e. The first kappa shape index (κ1) is 14.1. The maximum atomic E-state index is 13.2. The summed E-state index contributed by atoms with van der Waals surface area (Å²) in [5.41, 5.74) is 1.58. The number of hydrogen-bond acceptors (Lipinski definition) is 1. The molecule has 1 aliphatic rings. The van der Waals surface area contributed by atoms with Gasteiger partial charge >= 0.3 is 0 Å². The molecule has 3 rings (SSSR count). The molecule has 1 N–H and O–H groups in total. The van der Waals surface area contributed by atoms with Crippen LogP contribution in [0.3, 0.4) is 0 Å². The zero-order valence-electron chi connectivity index (χ0n) is 11.5. The second-order valence-corrected chi connectivity index (χ2v) is 5.48. The van der Waals surface area contributed by atoms with Gasteiger partial charge in [-0.25, -0.2) is 13.2 Å². The highest BCUT2D eigenvalue weighted by atomic mass is 19.2. The average Bonchev–Trinajstić information content (AvgIpc) is 3.31. The number of benzene rings is 2. The van der Waals surface area contributed by atoms with Crippen LogP contribution in [-0.4, -0.2) is 0 Å². The molecule has 0 spiro atoms. The van der Waals surface area contributed by atoms with Crippen molar-refractivity contribution < 1.29 is 13.2 Å². The van der Waals surface area contributed by atoms with Gasteiger partial charge in [0.2, 0.25) is 0 Å². The van der Waals surface area contributed by atoms with Crippen LogP contribution in [0.15, 0.2) is 42.5 Å². The Morgan fingerprint density at radius 1 is 1.00 bits per heavy atom. The summed E-state index contributed by atoms with van der Waals surface area (Å²) in [6, 6.07) is 12.2. The van der Waals surface area contributed by atoms with Crippen LogP contribution in [0, 0.1) is 23.4 Å². The molecule has 0 bridgehead atoms. The van der Waals surface area contributed by atoms with Crippen molar-refractivity contribution in [1.29, 1.82) is 0 Å². The zero-order valence-corrected chi connectivity index (χ0v) is 11.5. The predicted octanol–water partition coefficient (Wildman–Crippen LogP) is 4.34. The van der Waals surface area contributed by atoms with Crippen molar-refractivity contribution in [2.24, 2.45) is 5.92 Å². The SMILES string of the molecule is Fc1cc(CNC(c2ccccc2)C2CC2)cc(F)c1F. The summed E-state index contributed by atoms with van der Waals surface area (Å²) < 4.78 is 39.4. The minimum atomic E-state index is -1.42. The summed E-state index contributed by atoms with van der Waals surface area (Å²) in [6.45, 7) is 0.310. The maximum absolute atomic E-state index is 13.2. The number of nitrogens with one attached hydrogen (secondary N) is 1. The number of halogens is 3. The first-order chi connectivity index (χ1) is 10.1. The molecule has 1 unspecified atom stereocenters. The van der Waals surface area contributed by atoms with Gasteiger partial charge in [0, 0.05) is 12.6 Å². The summed E-state index contributed by atoms with van der Waals surface area (Å²) in [4.78, 5) is 0. The second kappa shape index (κ2) is 5.90. The predicted molar refractivity (Wildman–Crippen MR) is 75.1 cm³/mol. The topological polar surface area (TPSA) is 12.0 Å². The highest BCUT2D eigenvalue weighted by Crippen LogP contribution is 2.41. The fourth-order valence-electron chi connectivity index (χ4n) is 2.58. The molecule has 1 aliphatic carbocycles. The molecule has 2 aromatic rings. The Morgan fingerprint density at radius 2 is 1.62 bits per heavy atom. The Morgan fingerprint density at radius 3 is 2.19 bits per heavy atom. The molecule has 1 atom stereocenters. The molecule has 0 aliphatic heterocycles. The standard InChI is InChI=1S/C17H16F3N/c18-14-8-11(9-15(19)16(14)20)10-21-17(13-6-7-13)12-4-2-1-3-5-12/h1-5,8-9,13,17,21H,6-7,10H2. The van der Waals surface area contributed by atoms with Crippen LogP contribution in [0.4, 0.5) is 13.2 Å². The zero-order chi connectivity index (χ0) is 14.8. The van der Waals surface area contributed by atoms with E-state index in [1.807, 2.05) is 30.3 Å². The molecule has 2 aromatic carbocycles. The van der Waals surface area contributed by atoms with Gasteiger partial charge < -0.3 is 5.32 Å². The van der Waals surface area contributed by atoms with Crippen LogP contribution in [-0.2, 0) is 6.54 Å². The van der Waals surface area contributed by atoms with Crippen molar-refractivity contribution in [1.82, 2.24) is 5.32 Å². The van der Waals surface area contributed by atoms with E-state index in [0.29, 0.717) is 18.0 Å². The van der Waals surface area contributed by atoms with Crippen molar-refractivity contribution in [3.8, 4) is 0 Å². The lowest BCUT2D eigenvalue weighted by Gasteiger charge is -2.19. The largest absolute Gasteiger partial charge is 0.306 e. The Balaban J connectivity index is 1.73. The van der Waals surface area contributed by atoms with Gasteiger partial charge in [-0.15, -0.1) is 0 Å². The van der Waals surface area contributed by atoms with Gasteiger partial charge in [0.25, 0.3) is 0 Å². The summed E-state index contributed by atoms with van der Waals surface area (Å²) in [5, 5.41) is 3.33. The Labute approximate surface area is 121 Å². The van der Waals surface area contributed by atoms with E-state index in [9.17, 15) is 13.2 Å². The van der Waals surface area contributed by atoms with Crippen LogP contribution < -0.4 is 5.32 Å². The average molecular weight is 291 g/mol. The lowest BCUT2D eigenvalue weighted by atomic mass is 10.0. The van der Waals surface area contributed by atoms with Gasteiger partial charge in [-0.1, -0.05) is 30.3 Å². The molecule has 1 nitrogen and oxygen atoms in total. The van der Waals surface area contributed by atoms with Gasteiger partial charge in [0.1, 0.15) is 0 Å². The maximum Gasteiger partial charge on any atom is 0.194 e. The van der Waals surface area contributed by atoms with Crippen molar-refractivity contribution in [2.45, 2.75) is 25.4 Å². The molecule has 21 heavy (non-hydrogen) atoms. The number of rotatable bonds is 5. The van der Waals surface area contributed by atoms with Gasteiger partial charge in [0.05, 0.1) is 0 Å². The Hall–Kier alpha value is -1.81. The number of hydrogen-bond donors (Lipinski definition) is 1. The highest BCUT2D eigenvalue weighted by molar-refractivity contribution is 5.23. The van der Waals surface area contributed by atoms with Crippen molar-refractivity contribution in [3.63, 3.8) is 0 Å². The lowest BCUT2D eigenvalue weighted by molar-refractivity contribution is 0.439. The summed E-state index contributed by atoms with van der Waals surface area (Å²) in [6.07, 6.45) is 2.30. The van der Waals surface area contributed by atoms with Crippen LogP contribution >= 0.6 is 0 Å². The smallest absolute Gasteiger partial charge is 0.194 e. The van der Waals surface area contributed by atoms with E-state index in [0.717, 1.165) is 25.0 Å². The molecule has 0 saturated heterocycles. The van der Waals surface area contributed by atoms with E-state index >= 15 is 0 Å². The molecule has 0 amide bonds. The third kappa shape index (κ3) is 3.27. The normalized spacial score (nSPS) is 16.0. The fraction of sp³-hybridized carbons (Fsp3) is 0.294. The first-order valence-corrected chi connectivity index (χ1v) is 7.07. The quantitative estimate of drug-likeness (QED) is 0.808. The molecule has 4 heteroatoms. The third-order valence-corrected chi connectivity index (χ3v) is 3.82. The molecule has 0 aromatic heterocycles. The first-order valence-electron chi connectivity index (χ1n) is 7.07. The van der Waals surface area contributed by atoms with Gasteiger partial charge in [-0.3, -0.25) is 0 Å². The van der Waals surface area contributed by atoms with Gasteiger partial charge in [0.15, 0.2) is 17.5 Å². The molecule has 0 radical (unpaired) electrons. The summed E-state index contributed by atoms with van der Waals surface area (Å²) >= 11 is 0. The summed E-state index contributed by atoms with van der Waals surface area (Å²) in [5.74, 6) is -3.15. The van der Waals surface area contributed by atoms with Crippen molar-refractivity contribution in [3.05, 3.63) is 71.0 Å². The van der Waals surface area contributed by atoms with E-state index in [2.05, 4.69) is 5.32 Å². The van der Waals surface area contributed by atoms with Crippen LogP contribution in [0.1, 0.15) is 30.0 Å². The lowest BCUT2D eigenvalue weighted by Crippen LogP contribution is -2.22. The van der Waals surface area contributed by atoms with Crippen LogP contribution in [0.25, 0.3) is 0 Å². The Kier molecular flexibility index (Phi) is 3.97. The van der Waals surface area contributed by atoms with Gasteiger partial charge in [-0.2, -0.15) is 0 Å². The van der Waals surface area contributed by atoms with Crippen LogP contribution in [0.2, 0.25) is 0 Å². The minimum absolute atomic E-state index is 0.169. The van der Waals surface area contributed by atoms with E-state index < -0.39 is 17.5 Å². The molecular formula is C17H16F3N. The van der Waals surface area contributed by atoms with E-state index in [-0.39, 0.29) is 6.04 Å². The van der Waals surface area contributed by atoms with Crippen molar-refractivity contribution >= 4 is 0 Å². The fourth-order valence-corrected chi connectivity index (χ4v) is 2.58. The molecule has 1 saturated carbocycles. The second-order valence-electron chi connectivity index (χ2n) is 5.48. The monoisotopic (exact) mass is 291 g/mol. The van der Waals surface area contributed by atoms with E-state index in [1.54, 1.807) is 0 Å². The van der Waals surface area contributed by atoms with Crippen molar-refractivity contribution in [2.75, 3.05) is 0 Å². The molecule has 1 fully saturated rings. The third-order valence-electron chi connectivity index (χ3n) is 3.82. The molecular weight excluding hydrogens is 275 g/mol. The highest BCUT2D eigenvalue weighted by Gasteiger charge is 2.31. The summed E-state index contributed by atoms with van der Waals surface area (Å²) in [7, 11) is 0. The van der Waals surface area contributed by atoms with Crippen LogP contribution in [0.5, 0.6) is 0 Å². The van der Waals surface area contributed by atoms with Gasteiger partial charge in [-0.05, 0) is 42.0 Å². The molecule has 110 valence electrons. The Bertz CT molecular complexity index is 600. The van der Waals surface area contributed by atoms with E-state index in [1.165, 1.54) is 5.56 Å². The molecule has 0 heterocycles.